The lowest BCUT2D eigenvalue weighted by molar-refractivity contribution is -0.114. The molecule has 0 bridgehead atoms. The summed E-state index contributed by atoms with van der Waals surface area (Å²) in [6.45, 7) is 5.43. The SMILES string of the molecule is CC(=O)Nc1cccc(Nc2nncc(Nc3c(C)cc(C)cc3Cl)n2)c1. The van der Waals surface area contributed by atoms with Crippen LogP contribution < -0.4 is 16.0 Å². The highest BCUT2D eigenvalue weighted by molar-refractivity contribution is 6.33. The normalized spacial score (nSPS) is 10.4. The van der Waals surface area contributed by atoms with Crippen LogP contribution in [0.1, 0.15) is 18.1 Å². The van der Waals surface area contributed by atoms with Crippen molar-refractivity contribution in [2.75, 3.05) is 16.0 Å². The highest BCUT2D eigenvalue weighted by Gasteiger charge is 2.08. The van der Waals surface area contributed by atoms with Crippen LogP contribution in [0.15, 0.2) is 42.6 Å². The minimum Gasteiger partial charge on any atom is -0.337 e. The fourth-order valence-corrected chi connectivity index (χ4v) is 2.99. The molecule has 0 saturated heterocycles. The molecule has 0 spiro atoms. The maximum atomic E-state index is 11.2. The molecule has 0 aliphatic carbocycles. The van der Waals surface area contributed by atoms with E-state index in [9.17, 15) is 4.79 Å². The summed E-state index contributed by atoms with van der Waals surface area (Å²) in [6.07, 6.45) is 1.52. The number of carbonyl (C=O) groups excluding carboxylic acids is 1. The molecule has 2 aromatic carbocycles. The van der Waals surface area contributed by atoms with Gasteiger partial charge in [0.1, 0.15) is 0 Å². The second kappa shape index (κ2) is 8.01. The van der Waals surface area contributed by atoms with Crippen molar-refractivity contribution >= 4 is 46.3 Å². The topological polar surface area (TPSA) is 91.8 Å². The van der Waals surface area contributed by atoms with Crippen LogP contribution in [0, 0.1) is 13.8 Å². The fraction of sp³-hybridized carbons (Fsp3) is 0.158. The number of carbonyl (C=O) groups is 1. The Bertz CT molecular complexity index is 968. The molecule has 8 heteroatoms. The molecule has 0 atom stereocenters. The van der Waals surface area contributed by atoms with Gasteiger partial charge in [-0.2, -0.15) is 10.1 Å². The number of amides is 1. The van der Waals surface area contributed by atoms with E-state index in [2.05, 4.69) is 31.1 Å². The first-order valence-corrected chi connectivity index (χ1v) is 8.66. The average Bonchev–Trinajstić information content (AvgIpc) is 2.58. The van der Waals surface area contributed by atoms with E-state index < -0.39 is 0 Å². The Balaban J connectivity index is 1.79. The predicted molar refractivity (Wildman–Crippen MR) is 108 cm³/mol. The lowest BCUT2D eigenvalue weighted by Gasteiger charge is -2.12. The molecular weight excluding hydrogens is 364 g/mol. The number of rotatable bonds is 5. The average molecular weight is 383 g/mol. The molecule has 1 amide bonds. The van der Waals surface area contributed by atoms with Crippen molar-refractivity contribution in [3.8, 4) is 0 Å². The molecule has 1 aromatic heterocycles. The Morgan fingerprint density at radius 2 is 1.85 bits per heavy atom. The van der Waals surface area contributed by atoms with Crippen molar-refractivity contribution in [1.29, 1.82) is 0 Å². The van der Waals surface area contributed by atoms with Crippen molar-refractivity contribution in [2.45, 2.75) is 20.8 Å². The predicted octanol–water partition coefficient (Wildman–Crippen LogP) is 4.59. The number of nitrogens with zero attached hydrogens (tertiary/aromatic N) is 3. The second-order valence-electron chi connectivity index (χ2n) is 6.12. The number of hydrogen-bond acceptors (Lipinski definition) is 6. The zero-order valence-corrected chi connectivity index (χ0v) is 15.9. The third-order valence-electron chi connectivity index (χ3n) is 3.68. The second-order valence-corrected chi connectivity index (χ2v) is 6.52. The quantitative estimate of drug-likeness (QED) is 0.597. The number of hydrogen-bond donors (Lipinski definition) is 3. The summed E-state index contributed by atoms with van der Waals surface area (Å²) in [4.78, 5) is 15.6. The highest BCUT2D eigenvalue weighted by Crippen LogP contribution is 2.29. The summed E-state index contributed by atoms with van der Waals surface area (Å²) in [5.41, 5.74) is 4.28. The zero-order valence-electron chi connectivity index (χ0n) is 15.2. The summed E-state index contributed by atoms with van der Waals surface area (Å²) in [7, 11) is 0. The molecule has 0 aliphatic rings. The molecule has 0 fully saturated rings. The standard InChI is InChI=1S/C19H19ClN6O/c1-11-7-12(2)18(16(20)8-11)24-17-10-21-26-19(25-17)23-15-6-4-5-14(9-15)22-13(3)27/h4-10H,1-3H3,(H,22,27)(H2,23,24,25,26). The maximum absolute atomic E-state index is 11.2. The molecule has 27 heavy (non-hydrogen) atoms. The van der Waals surface area contributed by atoms with Gasteiger partial charge in [-0.3, -0.25) is 4.79 Å². The van der Waals surface area contributed by atoms with Crippen LogP contribution in [-0.4, -0.2) is 21.1 Å². The van der Waals surface area contributed by atoms with E-state index in [1.807, 2.05) is 38.1 Å². The van der Waals surface area contributed by atoms with Crippen molar-refractivity contribution in [3.63, 3.8) is 0 Å². The van der Waals surface area contributed by atoms with Gasteiger partial charge >= 0.3 is 0 Å². The van der Waals surface area contributed by atoms with Gasteiger partial charge in [-0.15, -0.1) is 5.10 Å². The molecule has 0 radical (unpaired) electrons. The summed E-state index contributed by atoms with van der Waals surface area (Å²) in [5, 5.41) is 17.6. The Morgan fingerprint density at radius 1 is 1.07 bits per heavy atom. The van der Waals surface area contributed by atoms with Crippen LogP contribution in [0.5, 0.6) is 0 Å². The Hall–Kier alpha value is -3.19. The lowest BCUT2D eigenvalue weighted by atomic mass is 10.1. The number of aryl methyl sites for hydroxylation is 2. The molecule has 3 N–H and O–H groups in total. The first-order valence-electron chi connectivity index (χ1n) is 8.29. The lowest BCUT2D eigenvalue weighted by Crippen LogP contribution is -2.06. The Morgan fingerprint density at radius 3 is 2.59 bits per heavy atom. The van der Waals surface area contributed by atoms with E-state index in [0.717, 1.165) is 22.5 Å². The number of anilines is 5. The van der Waals surface area contributed by atoms with Crippen LogP contribution in [0.25, 0.3) is 0 Å². The van der Waals surface area contributed by atoms with Gasteiger partial charge in [-0.1, -0.05) is 23.7 Å². The molecule has 3 rings (SSSR count). The number of nitrogens with one attached hydrogen (secondary N) is 3. The van der Waals surface area contributed by atoms with Crippen molar-refractivity contribution < 1.29 is 4.79 Å². The molecule has 138 valence electrons. The van der Waals surface area contributed by atoms with Crippen LogP contribution in [0.3, 0.4) is 0 Å². The molecule has 3 aromatic rings. The van der Waals surface area contributed by atoms with Gasteiger partial charge < -0.3 is 16.0 Å². The van der Waals surface area contributed by atoms with E-state index in [1.165, 1.54) is 13.1 Å². The van der Waals surface area contributed by atoms with Gasteiger partial charge in [0.2, 0.25) is 11.9 Å². The van der Waals surface area contributed by atoms with Crippen LogP contribution in [0.4, 0.5) is 28.8 Å². The first-order chi connectivity index (χ1) is 12.9. The first kappa shape index (κ1) is 18.6. The van der Waals surface area contributed by atoms with E-state index >= 15 is 0 Å². The fourth-order valence-electron chi connectivity index (χ4n) is 2.63. The Labute approximate surface area is 162 Å². The van der Waals surface area contributed by atoms with Gasteiger partial charge in [0.15, 0.2) is 5.82 Å². The minimum absolute atomic E-state index is 0.137. The van der Waals surface area contributed by atoms with Gasteiger partial charge in [0, 0.05) is 18.3 Å². The molecule has 0 unspecified atom stereocenters. The largest absolute Gasteiger partial charge is 0.337 e. The summed E-state index contributed by atoms with van der Waals surface area (Å²) in [5.74, 6) is 0.696. The zero-order chi connectivity index (χ0) is 19.4. The van der Waals surface area contributed by atoms with E-state index in [0.29, 0.717) is 22.5 Å². The minimum atomic E-state index is -0.137. The molecule has 0 saturated carbocycles. The van der Waals surface area contributed by atoms with Crippen molar-refractivity contribution in [2.24, 2.45) is 0 Å². The van der Waals surface area contributed by atoms with E-state index in [-0.39, 0.29) is 5.91 Å². The highest BCUT2D eigenvalue weighted by atomic mass is 35.5. The van der Waals surface area contributed by atoms with Gasteiger partial charge in [0.25, 0.3) is 0 Å². The van der Waals surface area contributed by atoms with Crippen LogP contribution >= 0.6 is 11.6 Å². The number of aromatic nitrogens is 3. The molecule has 1 heterocycles. The summed E-state index contributed by atoms with van der Waals surface area (Å²) in [6, 6.07) is 11.2. The molecular formula is C19H19ClN6O. The van der Waals surface area contributed by atoms with E-state index in [1.54, 1.807) is 12.1 Å². The molecule has 7 nitrogen and oxygen atoms in total. The number of halogens is 1. The smallest absolute Gasteiger partial charge is 0.249 e. The maximum Gasteiger partial charge on any atom is 0.249 e. The van der Waals surface area contributed by atoms with Crippen molar-refractivity contribution in [3.05, 3.63) is 58.7 Å². The van der Waals surface area contributed by atoms with Gasteiger partial charge in [-0.25, -0.2) is 0 Å². The summed E-state index contributed by atoms with van der Waals surface area (Å²) < 4.78 is 0. The monoisotopic (exact) mass is 382 g/mol. The molecule has 0 aliphatic heterocycles. The van der Waals surface area contributed by atoms with Crippen molar-refractivity contribution in [1.82, 2.24) is 15.2 Å². The number of benzene rings is 2. The Kier molecular flexibility index (Phi) is 5.52. The van der Waals surface area contributed by atoms with Gasteiger partial charge in [-0.05, 0) is 49.2 Å². The van der Waals surface area contributed by atoms with Gasteiger partial charge in [0.05, 0.1) is 16.9 Å². The van der Waals surface area contributed by atoms with E-state index in [4.69, 9.17) is 11.6 Å². The summed E-state index contributed by atoms with van der Waals surface area (Å²) >= 11 is 6.34. The third kappa shape index (κ3) is 4.92. The van der Waals surface area contributed by atoms with Crippen LogP contribution in [0.2, 0.25) is 5.02 Å². The van der Waals surface area contributed by atoms with Crippen LogP contribution in [-0.2, 0) is 4.79 Å². The third-order valence-corrected chi connectivity index (χ3v) is 3.98.